The Morgan fingerprint density at radius 3 is 2.92 bits per heavy atom. The van der Waals surface area contributed by atoms with Crippen LogP contribution >= 0.6 is 0 Å². The van der Waals surface area contributed by atoms with E-state index in [1.165, 1.54) is 24.2 Å². The molecule has 3 amide bonds. The van der Waals surface area contributed by atoms with Gasteiger partial charge < -0.3 is 25.5 Å². The van der Waals surface area contributed by atoms with E-state index in [4.69, 9.17) is 0 Å². The molecule has 4 heterocycles. The van der Waals surface area contributed by atoms with Gasteiger partial charge in [0.15, 0.2) is 11.5 Å². The number of aromatic amines is 1. The van der Waals surface area contributed by atoms with Crippen LogP contribution in [0.2, 0.25) is 0 Å². The molecule has 3 aromatic rings. The summed E-state index contributed by atoms with van der Waals surface area (Å²) in [5.41, 5.74) is -0.0766. The lowest BCUT2D eigenvalue weighted by atomic mass is 9.99. The SMILES string of the molecule is CNC(=O)CC1(O)CCN(C(=O)Nc2cnc3[nH]nc(N4CCC[C@@H]4c4cc(F)ccc4F)c3c2)C1. The predicted octanol–water partition coefficient (Wildman–Crippen LogP) is 2.68. The number of nitrogens with one attached hydrogen (secondary N) is 3. The topological polar surface area (TPSA) is 126 Å². The van der Waals surface area contributed by atoms with Gasteiger partial charge in [0, 0.05) is 25.7 Å². The first-order valence-corrected chi connectivity index (χ1v) is 11.8. The Hall–Kier alpha value is -3.80. The minimum Gasteiger partial charge on any atom is -0.387 e. The third kappa shape index (κ3) is 4.55. The van der Waals surface area contributed by atoms with Crippen LogP contribution < -0.4 is 15.5 Å². The highest BCUT2D eigenvalue weighted by molar-refractivity contribution is 5.95. The molecule has 4 N–H and O–H groups in total. The van der Waals surface area contributed by atoms with Gasteiger partial charge in [0.1, 0.15) is 11.6 Å². The number of halogens is 2. The highest BCUT2D eigenvalue weighted by Gasteiger charge is 2.40. The second-order valence-corrected chi connectivity index (χ2v) is 9.36. The largest absolute Gasteiger partial charge is 0.387 e. The Morgan fingerprint density at radius 1 is 1.28 bits per heavy atom. The van der Waals surface area contributed by atoms with Gasteiger partial charge in [-0.1, -0.05) is 0 Å². The Morgan fingerprint density at radius 2 is 2.11 bits per heavy atom. The molecule has 2 fully saturated rings. The third-order valence-electron chi connectivity index (χ3n) is 6.88. The summed E-state index contributed by atoms with van der Waals surface area (Å²) in [5.74, 6) is -0.719. The first-order chi connectivity index (χ1) is 17.3. The summed E-state index contributed by atoms with van der Waals surface area (Å²) in [6.45, 7) is 0.947. The fraction of sp³-hybridized carbons (Fsp3) is 0.417. The molecule has 12 heteroatoms. The lowest BCUT2D eigenvalue weighted by Gasteiger charge is -2.25. The van der Waals surface area contributed by atoms with E-state index in [0.29, 0.717) is 48.5 Å². The van der Waals surface area contributed by atoms with Crippen LogP contribution in [0, 0.1) is 11.6 Å². The van der Waals surface area contributed by atoms with Crippen molar-refractivity contribution in [2.75, 3.05) is 36.9 Å². The number of H-pyrrole nitrogens is 1. The van der Waals surface area contributed by atoms with Gasteiger partial charge >= 0.3 is 6.03 Å². The van der Waals surface area contributed by atoms with Crippen molar-refractivity contribution in [2.24, 2.45) is 0 Å². The van der Waals surface area contributed by atoms with Crippen molar-refractivity contribution in [3.8, 4) is 0 Å². The normalized spacial score (nSPS) is 21.8. The summed E-state index contributed by atoms with van der Waals surface area (Å²) >= 11 is 0. The van der Waals surface area contributed by atoms with Gasteiger partial charge in [-0.25, -0.2) is 18.6 Å². The van der Waals surface area contributed by atoms with Crippen LogP contribution in [0.5, 0.6) is 0 Å². The van der Waals surface area contributed by atoms with Crippen molar-refractivity contribution in [3.05, 3.63) is 47.7 Å². The fourth-order valence-corrected chi connectivity index (χ4v) is 5.06. The van der Waals surface area contributed by atoms with Crippen LogP contribution in [0.4, 0.5) is 25.1 Å². The van der Waals surface area contributed by atoms with Crippen molar-refractivity contribution in [1.29, 1.82) is 0 Å². The summed E-state index contributed by atoms with van der Waals surface area (Å²) in [5, 5.41) is 23.8. The van der Waals surface area contributed by atoms with Gasteiger partial charge in [0.05, 0.1) is 41.9 Å². The molecule has 2 aromatic heterocycles. The van der Waals surface area contributed by atoms with Crippen molar-refractivity contribution in [3.63, 3.8) is 0 Å². The predicted molar refractivity (Wildman–Crippen MR) is 128 cm³/mol. The summed E-state index contributed by atoms with van der Waals surface area (Å²) in [7, 11) is 1.50. The number of rotatable bonds is 5. The minimum absolute atomic E-state index is 0.0353. The molecule has 0 saturated carbocycles. The van der Waals surface area contributed by atoms with E-state index >= 15 is 0 Å². The zero-order valence-electron chi connectivity index (χ0n) is 19.7. The van der Waals surface area contributed by atoms with E-state index in [2.05, 4.69) is 25.8 Å². The quantitative estimate of drug-likeness (QED) is 0.428. The van der Waals surface area contributed by atoms with E-state index in [1.807, 2.05) is 4.90 Å². The third-order valence-corrected chi connectivity index (χ3v) is 6.88. The molecule has 2 saturated heterocycles. The fourth-order valence-electron chi connectivity index (χ4n) is 5.06. The number of nitrogens with zero attached hydrogens (tertiary/aromatic N) is 4. The second-order valence-electron chi connectivity index (χ2n) is 9.36. The summed E-state index contributed by atoms with van der Waals surface area (Å²) in [4.78, 5) is 32.2. The number of benzene rings is 1. The number of hydrogen-bond acceptors (Lipinski definition) is 6. The smallest absolute Gasteiger partial charge is 0.321 e. The van der Waals surface area contributed by atoms with E-state index < -0.39 is 23.3 Å². The van der Waals surface area contributed by atoms with Gasteiger partial charge in [-0.3, -0.25) is 9.89 Å². The van der Waals surface area contributed by atoms with Crippen LogP contribution in [0.25, 0.3) is 11.0 Å². The molecule has 1 aromatic carbocycles. The highest BCUT2D eigenvalue weighted by Crippen LogP contribution is 2.39. The summed E-state index contributed by atoms with van der Waals surface area (Å²) in [6, 6.07) is 4.37. The lowest BCUT2D eigenvalue weighted by molar-refractivity contribution is -0.125. The van der Waals surface area contributed by atoms with Crippen LogP contribution in [-0.4, -0.2) is 69.4 Å². The molecule has 1 unspecified atom stereocenters. The Labute approximate surface area is 205 Å². The average Bonchev–Trinajstić information content (AvgIpc) is 3.58. The summed E-state index contributed by atoms with van der Waals surface area (Å²) in [6.07, 6.45) is 3.13. The zero-order chi connectivity index (χ0) is 25.4. The van der Waals surface area contributed by atoms with Gasteiger partial charge in [0.25, 0.3) is 0 Å². The number of anilines is 2. The van der Waals surface area contributed by atoms with E-state index in [0.717, 1.165) is 18.6 Å². The first kappa shape index (κ1) is 23.9. The van der Waals surface area contributed by atoms with Crippen LogP contribution in [0.3, 0.4) is 0 Å². The molecular weight excluding hydrogens is 472 g/mol. The van der Waals surface area contributed by atoms with Crippen molar-refractivity contribution >= 4 is 34.5 Å². The molecule has 0 radical (unpaired) electrons. The number of carbonyl (C=O) groups excluding carboxylic acids is 2. The van der Waals surface area contributed by atoms with Gasteiger partial charge in [0.2, 0.25) is 5.91 Å². The van der Waals surface area contributed by atoms with E-state index in [9.17, 15) is 23.5 Å². The zero-order valence-corrected chi connectivity index (χ0v) is 19.7. The van der Waals surface area contributed by atoms with Gasteiger partial charge in [-0.2, -0.15) is 5.10 Å². The Bertz CT molecular complexity index is 1320. The highest BCUT2D eigenvalue weighted by atomic mass is 19.1. The average molecular weight is 500 g/mol. The molecule has 2 atom stereocenters. The van der Waals surface area contributed by atoms with Crippen molar-refractivity contribution < 1.29 is 23.5 Å². The number of likely N-dealkylation sites (tertiary alicyclic amines) is 1. The first-order valence-electron chi connectivity index (χ1n) is 11.8. The van der Waals surface area contributed by atoms with Crippen LogP contribution in [0.15, 0.2) is 30.5 Å². The maximum Gasteiger partial charge on any atom is 0.321 e. The molecule has 5 rings (SSSR count). The number of urea groups is 1. The molecule has 0 spiro atoms. The number of amides is 3. The van der Waals surface area contributed by atoms with Gasteiger partial charge in [-0.05, 0) is 43.5 Å². The van der Waals surface area contributed by atoms with Gasteiger partial charge in [-0.15, -0.1) is 0 Å². The number of β-amino-alcohol motifs (C(OH)–C–C–N with tert-alkyl or cyclic N) is 1. The molecule has 0 aliphatic carbocycles. The molecule has 10 nitrogen and oxygen atoms in total. The number of fused-ring (bicyclic) bond motifs is 1. The number of aromatic nitrogens is 3. The monoisotopic (exact) mass is 499 g/mol. The molecule has 190 valence electrons. The van der Waals surface area contributed by atoms with Crippen molar-refractivity contribution in [2.45, 2.75) is 37.3 Å². The Balaban J connectivity index is 1.35. The maximum atomic E-state index is 14.5. The van der Waals surface area contributed by atoms with Crippen molar-refractivity contribution in [1.82, 2.24) is 25.4 Å². The number of hydrogen-bond donors (Lipinski definition) is 4. The molecule has 2 aliphatic rings. The number of pyridine rings is 1. The Kier molecular flexibility index (Phi) is 6.20. The van der Waals surface area contributed by atoms with E-state index in [-0.39, 0.29) is 30.5 Å². The minimum atomic E-state index is -1.27. The number of aliphatic hydroxyl groups is 1. The summed E-state index contributed by atoms with van der Waals surface area (Å²) < 4.78 is 28.4. The lowest BCUT2D eigenvalue weighted by Crippen LogP contribution is -2.41. The molecule has 0 bridgehead atoms. The molecular formula is C24H27F2N7O3. The molecule has 2 aliphatic heterocycles. The number of carbonyl (C=O) groups is 2. The van der Waals surface area contributed by atoms with Crippen LogP contribution in [-0.2, 0) is 4.79 Å². The maximum absolute atomic E-state index is 14.5. The van der Waals surface area contributed by atoms with Crippen LogP contribution in [0.1, 0.15) is 37.3 Å². The standard InChI is InChI=1S/C24H27F2N7O3/c1-27-20(34)11-24(36)6-8-32(13-24)23(35)29-15-10-17-21(28-12-15)30-31-22(17)33-7-2-3-19(33)16-9-14(25)4-5-18(16)26/h4-5,9-10,12,19,36H,2-3,6-8,11,13H2,1H3,(H,27,34)(H,29,35)(H,28,30,31)/t19-,24?/m1/s1. The van der Waals surface area contributed by atoms with E-state index in [1.54, 1.807) is 6.07 Å². The molecule has 36 heavy (non-hydrogen) atoms. The second kappa shape index (κ2) is 9.34.